The van der Waals surface area contributed by atoms with Crippen molar-refractivity contribution in [3.63, 3.8) is 0 Å². The Bertz CT molecular complexity index is 977. The van der Waals surface area contributed by atoms with Crippen LogP contribution >= 0.6 is 0 Å². The zero-order valence-electron chi connectivity index (χ0n) is 15.6. The first-order valence-corrected chi connectivity index (χ1v) is 8.98. The van der Waals surface area contributed by atoms with E-state index in [9.17, 15) is 9.59 Å². The number of fused-ring (bicyclic) bond motifs is 1. The van der Waals surface area contributed by atoms with Crippen molar-refractivity contribution in [3.8, 4) is 5.75 Å². The second-order valence-corrected chi connectivity index (χ2v) is 6.13. The molecule has 144 valence electrons. The molecule has 6 nitrogen and oxygen atoms in total. The number of amides is 2. The molecule has 0 aliphatic heterocycles. The summed E-state index contributed by atoms with van der Waals surface area (Å²) in [5.74, 6) is 0.900. The summed E-state index contributed by atoms with van der Waals surface area (Å²) in [7, 11) is 1.61. The number of methoxy groups -OCH3 is 1. The van der Waals surface area contributed by atoms with Gasteiger partial charge in [-0.05, 0) is 35.0 Å². The zero-order chi connectivity index (χ0) is 19.8. The largest absolute Gasteiger partial charge is 0.496 e. The zero-order valence-corrected chi connectivity index (χ0v) is 15.6. The van der Waals surface area contributed by atoms with Crippen molar-refractivity contribution in [2.45, 2.75) is 13.0 Å². The lowest BCUT2D eigenvalue weighted by molar-refractivity contribution is -0.121. The standard InChI is InChI=1S/C22H22N2O4/c1-27-20-10-8-16-5-2-3-7-18(16)19(20)15-24-22(26)12-13-23-21(25)11-9-17-6-4-14-28-17/h2-11,14H,12-13,15H2,1H3,(H,23,25)(H,24,26)/b11-9+. The van der Waals surface area contributed by atoms with Gasteiger partial charge in [0.25, 0.3) is 0 Å². The molecule has 2 amide bonds. The molecular weight excluding hydrogens is 356 g/mol. The lowest BCUT2D eigenvalue weighted by Gasteiger charge is -2.13. The van der Waals surface area contributed by atoms with Crippen LogP contribution in [0.15, 0.2) is 65.3 Å². The quantitative estimate of drug-likeness (QED) is 0.590. The van der Waals surface area contributed by atoms with E-state index < -0.39 is 0 Å². The van der Waals surface area contributed by atoms with E-state index in [1.54, 1.807) is 25.3 Å². The highest BCUT2D eigenvalue weighted by Crippen LogP contribution is 2.27. The Kier molecular flexibility index (Phi) is 6.46. The molecule has 0 spiro atoms. The predicted molar refractivity (Wildman–Crippen MR) is 108 cm³/mol. The van der Waals surface area contributed by atoms with Crippen LogP contribution in [0.3, 0.4) is 0 Å². The second kappa shape index (κ2) is 9.41. The first-order chi connectivity index (χ1) is 13.7. The second-order valence-electron chi connectivity index (χ2n) is 6.13. The summed E-state index contributed by atoms with van der Waals surface area (Å²) < 4.78 is 10.5. The van der Waals surface area contributed by atoms with Gasteiger partial charge in [-0.15, -0.1) is 0 Å². The van der Waals surface area contributed by atoms with E-state index in [-0.39, 0.29) is 24.8 Å². The average Bonchev–Trinajstić information content (AvgIpc) is 3.24. The topological polar surface area (TPSA) is 80.6 Å². The number of carbonyl (C=O) groups excluding carboxylic acids is 2. The maximum Gasteiger partial charge on any atom is 0.244 e. The van der Waals surface area contributed by atoms with Gasteiger partial charge in [-0.1, -0.05) is 30.3 Å². The molecule has 0 unspecified atom stereocenters. The number of benzene rings is 2. The van der Waals surface area contributed by atoms with Crippen molar-refractivity contribution < 1.29 is 18.7 Å². The van der Waals surface area contributed by atoms with Crippen LogP contribution in [0.2, 0.25) is 0 Å². The molecule has 0 saturated carbocycles. The van der Waals surface area contributed by atoms with E-state index in [0.29, 0.717) is 12.3 Å². The van der Waals surface area contributed by atoms with Crippen LogP contribution in [0.1, 0.15) is 17.7 Å². The number of furan rings is 1. The van der Waals surface area contributed by atoms with Crippen molar-refractivity contribution in [1.82, 2.24) is 10.6 Å². The summed E-state index contributed by atoms with van der Waals surface area (Å²) in [4.78, 5) is 23.9. The summed E-state index contributed by atoms with van der Waals surface area (Å²) >= 11 is 0. The fraction of sp³-hybridized carbons (Fsp3) is 0.182. The highest BCUT2D eigenvalue weighted by molar-refractivity contribution is 5.91. The first kappa shape index (κ1) is 19.2. The maximum absolute atomic E-state index is 12.1. The minimum absolute atomic E-state index is 0.148. The van der Waals surface area contributed by atoms with E-state index in [4.69, 9.17) is 9.15 Å². The average molecular weight is 378 g/mol. The highest BCUT2D eigenvalue weighted by Gasteiger charge is 2.10. The molecular formula is C22H22N2O4. The van der Waals surface area contributed by atoms with Gasteiger partial charge in [0.15, 0.2) is 0 Å². The molecule has 0 fully saturated rings. The Morgan fingerprint density at radius 2 is 1.93 bits per heavy atom. The van der Waals surface area contributed by atoms with Crippen LogP contribution in [-0.4, -0.2) is 25.5 Å². The molecule has 0 bridgehead atoms. The van der Waals surface area contributed by atoms with E-state index in [2.05, 4.69) is 10.6 Å². The number of carbonyl (C=O) groups is 2. The van der Waals surface area contributed by atoms with E-state index in [1.807, 2.05) is 36.4 Å². The number of ether oxygens (including phenoxy) is 1. The fourth-order valence-corrected chi connectivity index (χ4v) is 2.87. The normalized spacial score (nSPS) is 10.9. The molecule has 28 heavy (non-hydrogen) atoms. The fourth-order valence-electron chi connectivity index (χ4n) is 2.87. The minimum atomic E-state index is -0.278. The van der Waals surface area contributed by atoms with Crippen LogP contribution < -0.4 is 15.4 Å². The molecule has 0 atom stereocenters. The number of hydrogen-bond donors (Lipinski definition) is 2. The molecule has 0 aliphatic carbocycles. The summed E-state index contributed by atoms with van der Waals surface area (Å²) in [5, 5.41) is 7.69. The molecule has 3 rings (SSSR count). The Labute approximate surface area is 163 Å². The summed E-state index contributed by atoms with van der Waals surface area (Å²) in [6.45, 7) is 0.607. The number of hydrogen-bond acceptors (Lipinski definition) is 4. The predicted octanol–water partition coefficient (Wildman–Crippen LogP) is 3.28. The minimum Gasteiger partial charge on any atom is -0.496 e. The van der Waals surface area contributed by atoms with Crippen LogP contribution in [0.5, 0.6) is 5.75 Å². The number of rotatable bonds is 8. The van der Waals surface area contributed by atoms with Crippen molar-refractivity contribution in [2.75, 3.05) is 13.7 Å². The van der Waals surface area contributed by atoms with Crippen LogP contribution in [0.4, 0.5) is 0 Å². The van der Waals surface area contributed by atoms with Gasteiger partial charge in [-0.3, -0.25) is 9.59 Å². The van der Waals surface area contributed by atoms with Crippen molar-refractivity contribution >= 4 is 28.7 Å². The van der Waals surface area contributed by atoms with E-state index in [1.165, 1.54) is 12.3 Å². The highest BCUT2D eigenvalue weighted by atomic mass is 16.5. The summed E-state index contributed by atoms with van der Waals surface area (Å²) in [5.41, 5.74) is 0.930. The molecule has 2 N–H and O–H groups in total. The third kappa shape index (κ3) is 5.01. The van der Waals surface area contributed by atoms with Crippen molar-refractivity contribution in [3.05, 3.63) is 72.2 Å². The molecule has 2 aromatic carbocycles. The smallest absolute Gasteiger partial charge is 0.244 e. The summed E-state index contributed by atoms with van der Waals surface area (Å²) in [6.07, 6.45) is 4.67. The summed E-state index contributed by atoms with van der Waals surface area (Å²) in [6, 6.07) is 15.3. The van der Waals surface area contributed by atoms with Gasteiger partial charge >= 0.3 is 0 Å². The van der Waals surface area contributed by atoms with Gasteiger partial charge in [-0.2, -0.15) is 0 Å². The maximum atomic E-state index is 12.1. The van der Waals surface area contributed by atoms with Crippen molar-refractivity contribution in [2.24, 2.45) is 0 Å². The van der Waals surface area contributed by atoms with Gasteiger partial charge in [0, 0.05) is 31.1 Å². The van der Waals surface area contributed by atoms with Gasteiger partial charge < -0.3 is 19.8 Å². The van der Waals surface area contributed by atoms with Crippen LogP contribution in [0, 0.1) is 0 Å². The Hall–Kier alpha value is -3.54. The molecule has 0 aliphatic rings. The van der Waals surface area contributed by atoms with Gasteiger partial charge in [0.2, 0.25) is 11.8 Å². The lowest BCUT2D eigenvalue weighted by atomic mass is 10.0. The SMILES string of the molecule is COc1ccc2ccccc2c1CNC(=O)CCNC(=O)/C=C/c1ccco1. The first-order valence-electron chi connectivity index (χ1n) is 8.98. The van der Waals surface area contributed by atoms with E-state index >= 15 is 0 Å². The van der Waals surface area contributed by atoms with Gasteiger partial charge in [0.05, 0.1) is 13.4 Å². The third-order valence-corrected chi connectivity index (χ3v) is 4.27. The van der Waals surface area contributed by atoms with E-state index in [0.717, 1.165) is 22.1 Å². The number of nitrogens with one attached hydrogen (secondary N) is 2. The van der Waals surface area contributed by atoms with Crippen LogP contribution in [0.25, 0.3) is 16.8 Å². The molecule has 1 heterocycles. The lowest BCUT2D eigenvalue weighted by Crippen LogP contribution is -2.29. The Balaban J connectivity index is 1.49. The van der Waals surface area contributed by atoms with Crippen molar-refractivity contribution in [1.29, 1.82) is 0 Å². The molecule has 6 heteroatoms. The third-order valence-electron chi connectivity index (χ3n) is 4.27. The monoisotopic (exact) mass is 378 g/mol. The van der Waals surface area contributed by atoms with Crippen LogP contribution in [-0.2, 0) is 16.1 Å². The van der Waals surface area contributed by atoms with Gasteiger partial charge in [-0.25, -0.2) is 0 Å². The Morgan fingerprint density at radius 1 is 1.07 bits per heavy atom. The molecule has 1 aromatic heterocycles. The molecule has 3 aromatic rings. The molecule has 0 radical (unpaired) electrons. The Morgan fingerprint density at radius 3 is 2.71 bits per heavy atom. The van der Waals surface area contributed by atoms with Gasteiger partial charge in [0.1, 0.15) is 11.5 Å². The molecule has 0 saturated heterocycles.